The normalized spacial score (nSPS) is 15.9. The average molecular weight is 544 g/mol. The summed E-state index contributed by atoms with van der Waals surface area (Å²) in [5.74, 6) is -1.15. The van der Waals surface area contributed by atoms with E-state index in [1.807, 2.05) is 0 Å². The molecule has 3 aromatic rings. The second-order valence-corrected chi connectivity index (χ2v) is 8.76. The molecule has 3 aromatic carbocycles. The summed E-state index contributed by atoms with van der Waals surface area (Å²) >= 11 is 12.2. The number of rotatable bonds is 5. The van der Waals surface area contributed by atoms with E-state index in [9.17, 15) is 26.3 Å². The summed E-state index contributed by atoms with van der Waals surface area (Å²) in [5, 5.41) is 0.00405. The van der Waals surface area contributed by atoms with Gasteiger partial charge in [-0.1, -0.05) is 83.9 Å². The number of benzene rings is 3. The molecule has 11 heteroatoms. The van der Waals surface area contributed by atoms with Crippen LogP contribution in [0.4, 0.5) is 26.3 Å². The molecule has 36 heavy (non-hydrogen) atoms. The number of aliphatic imine (C=N–C) groups is 2. The van der Waals surface area contributed by atoms with E-state index in [0.29, 0.717) is 0 Å². The molecule has 4 rings (SSSR count). The molecular formula is C25H17Cl2F6N3. The molecule has 1 aliphatic rings. The van der Waals surface area contributed by atoms with E-state index in [4.69, 9.17) is 23.2 Å². The van der Waals surface area contributed by atoms with Crippen LogP contribution in [0.5, 0.6) is 0 Å². The lowest BCUT2D eigenvalue weighted by Gasteiger charge is -2.40. The Morgan fingerprint density at radius 3 is 1.83 bits per heavy atom. The minimum Gasteiger partial charge on any atom is -0.310 e. The Labute approximate surface area is 212 Å². The van der Waals surface area contributed by atoms with Crippen LogP contribution in [-0.2, 0) is 6.42 Å². The monoisotopic (exact) mass is 543 g/mol. The number of alkyl halides is 6. The van der Waals surface area contributed by atoms with Gasteiger partial charge in [0.1, 0.15) is 11.7 Å². The maximum absolute atomic E-state index is 14.2. The highest BCUT2D eigenvalue weighted by Crippen LogP contribution is 2.49. The Morgan fingerprint density at radius 2 is 1.28 bits per heavy atom. The van der Waals surface area contributed by atoms with Crippen molar-refractivity contribution in [2.24, 2.45) is 9.98 Å². The zero-order chi connectivity index (χ0) is 26.1. The number of halogens is 8. The Kier molecular flexibility index (Phi) is 7.07. The van der Waals surface area contributed by atoms with Gasteiger partial charge in [-0.05, 0) is 30.2 Å². The van der Waals surface area contributed by atoms with Crippen molar-refractivity contribution in [3.05, 3.63) is 106 Å². The van der Waals surface area contributed by atoms with Crippen LogP contribution in [0.25, 0.3) is 0 Å². The predicted molar refractivity (Wildman–Crippen MR) is 128 cm³/mol. The van der Waals surface area contributed by atoms with Crippen molar-refractivity contribution in [2.45, 2.75) is 24.4 Å². The van der Waals surface area contributed by atoms with Gasteiger partial charge in [-0.3, -0.25) is 0 Å². The Balaban J connectivity index is 1.98. The van der Waals surface area contributed by atoms with Crippen LogP contribution in [0.1, 0.15) is 16.7 Å². The first kappa shape index (κ1) is 26.0. The highest BCUT2D eigenvalue weighted by atomic mass is 35.5. The molecule has 0 saturated heterocycles. The van der Waals surface area contributed by atoms with Gasteiger partial charge < -0.3 is 4.90 Å². The predicted octanol–water partition coefficient (Wildman–Crippen LogP) is 7.57. The maximum atomic E-state index is 14.2. The Bertz CT molecular complexity index is 1270. The zero-order valence-electron chi connectivity index (χ0n) is 18.3. The summed E-state index contributed by atoms with van der Waals surface area (Å²) < 4.78 is 85.2. The first-order chi connectivity index (χ1) is 16.9. The lowest BCUT2D eigenvalue weighted by molar-refractivity contribution is -0.292. The van der Waals surface area contributed by atoms with E-state index in [0.717, 1.165) is 5.56 Å². The topological polar surface area (TPSA) is 28.0 Å². The van der Waals surface area contributed by atoms with Crippen molar-refractivity contribution >= 4 is 34.9 Å². The molecular weight excluding hydrogens is 527 g/mol. The van der Waals surface area contributed by atoms with E-state index < -0.39 is 29.7 Å². The fourth-order valence-electron chi connectivity index (χ4n) is 3.75. The lowest BCUT2D eigenvalue weighted by Crippen LogP contribution is -2.59. The summed E-state index contributed by atoms with van der Waals surface area (Å²) in [6, 6.07) is 20.1. The van der Waals surface area contributed by atoms with Crippen LogP contribution in [0.15, 0.2) is 88.8 Å². The second-order valence-electron chi connectivity index (χ2n) is 7.92. The molecule has 0 aromatic heterocycles. The van der Waals surface area contributed by atoms with Gasteiger partial charge in [0.25, 0.3) is 0 Å². The zero-order valence-corrected chi connectivity index (χ0v) is 19.8. The van der Waals surface area contributed by atoms with E-state index in [-0.39, 0.29) is 34.1 Å². The molecule has 1 heterocycles. The summed E-state index contributed by atoms with van der Waals surface area (Å²) in [4.78, 5) is 7.77. The first-order valence-corrected chi connectivity index (χ1v) is 11.3. The van der Waals surface area contributed by atoms with Gasteiger partial charge in [0, 0.05) is 22.7 Å². The fourth-order valence-corrected chi connectivity index (χ4v) is 4.24. The Morgan fingerprint density at radius 1 is 0.722 bits per heavy atom. The molecule has 0 radical (unpaired) electrons. The van der Waals surface area contributed by atoms with E-state index in [2.05, 4.69) is 9.98 Å². The van der Waals surface area contributed by atoms with Gasteiger partial charge in [0.2, 0.25) is 0 Å². The molecule has 188 valence electrons. The molecule has 0 aliphatic carbocycles. The molecule has 0 unspecified atom stereocenters. The number of nitrogens with zero attached hydrogens (tertiary/aromatic N) is 3. The Hall–Kier alpha value is -3.04. The van der Waals surface area contributed by atoms with Crippen molar-refractivity contribution in [3.8, 4) is 0 Å². The molecule has 0 amide bonds. The molecule has 0 N–H and O–H groups in total. The van der Waals surface area contributed by atoms with Gasteiger partial charge >= 0.3 is 18.0 Å². The van der Waals surface area contributed by atoms with Crippen molar-refractivity contribution in [3.63, 3.8) is 0 Å². The summed E-state index contributed by atoms with van der Waals surface area (Å²) in [5.41, 5.74) is -4.00. The van der Waals surface area contributed by atoms with Gasteiger partial charge in [0.15, 0.2) is 0 Å². The summed E-state index contributed by atoms with van der Waals surface area (Å²) in [6.45, 7) is -0.0265. The van der Waals surface area contributed by atoms with Crippen molar-refractivity contribution in [2.75, 3.05) is 6.54 Å². The minimum atomic E-state index is -5.89. The number of amidine groups is 2. The van der Waals surface area contributed by atoms with E-state index in [1.54, 1.807) is 36.4 Å². The minimum absolute atomic E-state index is 0.0265. The fraction of sp³-hybridized carbons (Fsp3) is 0.200. The van der Waals surface area contributed by atoms with Crippen LogP contribution in [-0.4, -0.2) is 41.1 Å². The molecule has 0 bridgehead atoms. The van der Waals surface area contributed by atoms with Crippen molar-refractivity contribution in [1.82, 2.24) is 4.90 Å². The third-order valence-corrected chi connectivity index (χ3v) is 6.06. The van der Waals surface area contributed by atoms with Gasteiger partial charge in [-0.2, -0.15) is 26.3 Å². The highest BCUT2D eigenvalue weighted by molar-refractivity contribution is 6.37. The van der Waals surface area contributed by atoms with E-state index in [1.165, 1.54) is 47.4 Å². The van der Waals surface area contributed by atoms with Crippen molar-refractivity contribution in [1.29, 1.82) is 0 Å². The summed E-state index contributed by atoms with van der Waals surface area (Å²) in [7, 11) is 0. The molecule has 0 fully saturated rings. The van der Waals surface area contributed by atoms with Crippen LogP contribution >= 0.6 is 23.2 Å². The third-order valence-electron chi connectivity index (χ3n) is 5.51. The quantitative estimate of drug-likeness (QED) is 0.305. The number of hydrogen-bond acceptors (Lipinski definition) is 3. The molecule has 0 atom stereocenters. The van der Waals surface area contributed by atoms with Gasteiger partial charge in [-0.15, -0.1) is 0 Å². The molecule has 3 nitrogen and oxygen atoms in total. The second kappa shape index (κ2) is 9.78. The summed E-state index contributed by atoms with van der Waals surface area (Å²) in [6.07, 6.45) is -11.5. The third kappa shape index (κ3) is 4.95. The van der Waals surface area contributed by atoms with Crippen molar-refractivity contribution < 1.29 is 26.3 Å². The molecule has 1 aliphatic heterocycles. The smallest absolute Gasteiger partial charge is 0.310 e. The van der Waals surface area contributed by atoms with Crippen LogP contribution in [0.3, 0.4) is 0 Å². The maximum Gasteiger partial charge on any atom is 0.443 e. The van der Waals surface area contributed by atoms with Crippen LogP contribution < -0.4 is 0 Å². The van der Waals surface area contributed by atoms with Crippen LogP contribution in [0, 0.1) is 0 Å². The number of hydrogen-bond donors (Lipinski definition) is 0. The average Bonchev–Trinajstić information content (AvgIpc) is 2.82. The SMILES string of the molecule is FC(F)(F)C1(C(F)(F)F)N=C(c2ccccc2)N(CCc2ccccc2)C(c2ccc(Cl)cc2Cl)=N1. The van der Waals surface area contributed by atoms with Gasteiger partial charge in [0.05, 0.1) is 5.02 Å². The first-order valence-electron chi connectivity index (χ1n) is 10.6. The molecule has 0 saturated carbocycles. The highest BCUT2D eigenvalue weighted by Gasteiger charge is 2.74. The van der Waals surface area contributed by atoms with E-state index >= 15 is 0 Å². The van der Waals surface area contributed by atoms with Gasteiger partial charge in [-0.25, -0.2) is 9.98 Å². The standard InChI is InChI=1S/C25H17Cl2F6N3/c26-18-11-12-19(20(27)15-18)22-35-23(24(28,29)30,25(31,32)33)34-21(17-9-5-2-6-10-17)36(22)14-13-16-7-3-1-4-8-16/h1-12,15H,13-14H2. The molecule has 0 spiro atoms. The lowest BCUT2D eigenvalue weighted by atomic mass is 10.0. The van der Waals surface area contributed by atoms with Crippen LogP contribution in [0.2, 0.25) is 10.0 Å². The largest absolute Gasteiger partial charge is 0.443 e.